The average molecular weight is 202 g/mol. The highest BCUT2D eigenvalue weighted by Gasteiger charge is 2.20. The molecule has 0 radical (unpaired) electrons. The van der Waals surface area contributed by atoms with Gasteiger partial charge < -0.3 is 0 Å². The number of hydrazone groups is 1. The van der Waals surface area contributed by atoms with E-state index in [1.807, 2.05) is 38.1 Å². The highest BCUT2D eigenvalue weighted by atomic mass is 16.2. The van der Waals surface area contributed by atoms with Crippen molar-refractivity contribution in [2.24, 2.45) is 5.10 Å². The summed E-state index contributed by atoms with van der Waals surface area (Å²) in [6.45, 7) is 4.51. The van der Waals surface area contributed by atoms with Gasteiger partial charge in [0.15, 0.2) is 0 Å². The zero-order chi connectivity index (χ0) is 10.8. The fraction of sp³-hybridized carbons (Fsp3) is 0.333. The highest BCUT2D eigenvalue weighted by molar-refractivity contribution is 6.03. The number of amides is 1. The van der Waals surface area contributed by atoms with E-state index in [9.17, 15) is 4.79 Å². The Balaban J connectivity index is 2.09. The second kappa shape index (κ2) is 3.85. The largest absolute Gasteiger partial charge is 0.273 e. The summed E-state index contributed by atoms with van der Waals surface area (Å²) in [6.07, 6.45) is 0.464. The lowest BCUT2D eigenvalue weighted by atomic mass is 10.1. The van der Waals surface area contributed by atoms with Crippen LogP contribution in [0.2, 0.25) is 0 Å². The lowest BCUT2D eigenvalue weighted by molar-refractivity contribution is -0.129. The molecule has 0 fully saturated rings. The summed E-state index contributed by atoms with van der Waals surface area (Å²) in [6, 6.07) is 8.16. The molecule has 15 heavy (non-hydrogen) atoms. The molecule has 1 aliphatic heterocycles. The van der Waals surface area contributed by atoms with Gasteiger partial charge in [-0.1, -0.05) is 29.8 Å². The van der Waals surface area contributed by atoms with Crippen molar-refractivity contribution < 1.29 is 4.79 Å². The van der Waals surface area contributed by atoms with E-state index in [4.69, 9.17) is 0 Å². The van der Waals surface area contributed by atoms with Gasteiger partial charge in [-0.3, -0.25) is 4.79 Å². The van der Waals surface area contributed by atoms with E-state index >= 15 is 0 Å². The molecule has 3 nitrogen and oxygen atoms in total. The summed E-state index contributed by atoms with van der Waals surface area (Å²) in [4.78, 5) is 11.5. The molecule has 1 amide bonds. The minimum atomic E-state index is 0.0908. The SMILES string of the molecule is CC1=NN(Cc2ccc(C)cc2)C(=O)C1. The van der Waals surface area contributed by atoms with Crippen LogP contribution in [0.15, 0.2) is 29.4 Å². The van der Waals surface area contributed by atoms with Crippen LogP contribution < -0.4 is 0 Å². The van der Waals surface area contributed by atoms with Crippen molar-refractivity contribution >= 4 is 11.6 Å². The van der Waals surface area contributed by atoms with Crippen LogP contribution >= 0.6 is 0 Å². The third-order valence-corrected chi connectivity index (χ3v) is 2.44. The second-order valence-corrected chi connectivity index (χ2v) is 3.95. The van der Waals surface area contributed by atoms with Crippen LogP contribution in [0.5, 0.6) is 0 Å². The Labute approximate surface area is 89.4 Å². The van der Waals surface area contributed by atoms with Crippen LogP contribution in [-0.4, -0.2) is 16.6 Å². The minimum Gasteiger partial charge on any atom is -0.273 e. The monoisotopic (exact) mass is 202 g/mol. The first-order valence-corrected chi connectivity index (χ1v) is 5.05. The molecule has 0 aromatic heterocycles. The van der Waals surface area contributed by atoms with Gasteiger partial charge in [0.2, 0.25) is 5.91 Å². The Kier molecular flexibility index (Phi) is 2.54. The Bertz CT molecular complexity index is 406. The fourth-order valence-corrected chi connectivity index (χ4v) is 1.60. The Hall–Kier alpha value is -1.64. The molecule has 3 heteroatoms. The van der Waals surface area contributed by atoms with E-state index in [0.29, 0.717) is 13.0 Å². The van der Waals surface area contributed by atoms with Crippen LogP contribution in [-0.2, 0) is 11.3 Å². The maximum atomic E-state index is 11.5. The first-order chi connectivity index (χ1) is 7.15. The lowest BCUT2D eigenvalue weighted by Crippen LogP contribution is -2.19. The number of hydrogen-bond donors (Lipinski definition) is 0. The van der Waals surface area contributed by atoms with Crippen LogP contribution in [0, 0.1) is 6.92 Å². The predicted octanol–water partition coefficient (Wildman–Crippen LogP) is 2.10. The smallest absolute Gasteiger partial charge is 0.248 e. The summed E-state index contributed by atoms with van der Waals surface area (Å²) in [5.41, 5.74) is 3.24. The molecule has 0 unspecified atom stereocenters. The first kappa shape index (κ1) is 9.90. The standard InChI is InChI=1S/C12H14N2O/c1-9-3-5-11(6-4-9)8-14-12(15)7-10(2)13-14/h3-6H,7-8H2,1-2H3. The molecule has 0 bridgehead atoms. The zero-order valence-electron chi connectivity index (χ0n) is 9.03. The minimum absolute atomic E-state index is 0.0908. The van der Waals surface area contributed by atoms with E-state index < -0.39 is 0 Å². The molecule has 1 aromatic carbocycles. The van der Waals surface area contributed by atoms with E-state index in [-0.39, 0.29) is 5.91 Å². The molecule has 78 valence electrons. The van der Waals surface area contributed by atoms with Gasteiger partial charge in [-0.05, 0) is 19.4 Å². The zero-order valence-corrected chi connectivity index (χ0v) is 9.03. The number of aryl methyl sites for hydroxylation is 1. The van der Waals surface area contributed by atoms with Crippen molar-refractivity contribution in [1.82, 2.24) is 5.01 Å². The number of hydrogen-bond acceptors (Lipinski definition) is 2. The van der Waals surface area contributed by atoms with E-state index in [1.54, 1.807) is 5.01 Å². The molecule has 0 N–H and O–H groups in total. The number of benzene rings is 1. The quantitative estimate of drug-likeness (QED) is 0.722. The van der Waals surface area contributed by atoms with Gasteiger partial charge in [0.05, 0.1) is 13.0 Å². The van der Waals surface area contributed by atoms with Gasteiger partial charge in [0.25, 0.3) is 0 Å². The number of rotatable bonds is 2. The van der Waals surface area contributed by atoms with E-state index in [2.05, 4.69) is 5.10 Å². The molecule has 0 saturated carbocycles. The maximum absolute atomic E-state index is 11.5. The van der Waals surface area contributed by atoms with Crippen LogP contribution in [0.25, 0.3) is 0 Å². The molecule has 1 heterocycles. The predicted molar refractivity (Wildman–Crippen MR) is 59.5 cm³/mol. The van der Waals surface area contributed by atoms with Gasteiger partial charge in [0.1, 0.15) is 0 Å². The van der Waals surface area contributed by atoms with Gasteiger partial charge in [-0.2, -0.15) is 5.10 Å². The van der Waals surface area contributed by atoms with Crippen LogP contribution in [0.1, 0.15) is 24.5 Å². The molecule has 0 spiro atoms. The number of carbonyl (C=O) groups is 1. The summed E-state index contributed by atoms with van der Waals surface area (Å²) in [7, 11) is 0. The summed E-state index contributed by atoms with van der Waals surface area (Å²) >= 11 is 0. The molecule has 0 saturated heterocycles. The van der Waals surface area contributed by atoms with Gasteiger partial charge >= 0.3 is 0 Å². The molecular formula is C12H14N2O. The van der Waals surface area contributed by atoms with Crippen molar-refractivity contribution in [1.29, 1.82) is 0 Å². The summed E-state index contributed by atoms with van der Waals surface area (Å²) < 4.78 is 0. The van der Waals surface area contributed by atoms with Crippen molar-refractivity contribution in [3.63, 3.8) is 0 Å². The Morgan fingerprint density at radius 1 is 1.27 bits per heavy atom. The summed E-state index contributed by atoms with van der Waals surface area (Å²) in [5.74, 6) is 0.0908. The third-order valence-electron chi connectivity index (χ3n) is 2.44. The van der Waals surface area contributed by atoms with Crippen LogP contribution in [0.3, 0.4) is 0 Å². The summed E-state index contributed by atoms with van der Waals surface area (Å²) in [5, 5.41) is 5.73. The molecule has 1 aromatic rings. The van der Waals surface area contributed by atoms with Gasteiger partial charge in [-0.25, -0.2) is 5.01 Å². The average Bonchev–Trinajstić information content (AvgIpc) is 2.49. The Morgan fingerprint density at radius 3 is 2.47 bits per heavy atom. The van der Waals surface area contributed by atoms with Crippen molar-refractivity contribution in [3.05, 3.63) is 35.4 Å². The van der Waals surface area contributed by atoms with Crippen molar-refractivity contribution in [2.45, 2.75) is 26.8 Å². The first-order valence-electron chi connectivity index (χ1n) is 5.05. The molecule has 0 atom stereocenters. The maximum Gasteiger partial charge on any atom is 0.248 e. The molecule has 2 rings (SSSR count). The number of nitrogens with zero attached hydrogens (tertiary/aromatic N) is 2. The van der Waals surface area contributed by atoms with E-state index in [1.165, 1.54) is 5.56 Å². The molecular weight excluding hydrogens is 188 g/mol. The lowest BCUT2D eigenvalue weighted by Gasteiger charge is -2.11. The number of carbonyl (C=O) groups excluding carboxylic acids is 1. The van der Waals surface area contributed by atoms with E-state index in [0.717, 1.165) is 11.3 Å². The van der Waals surface area contributed by atoms with Crippen molar-refractivity contribution in [2.75, 3.05) is 0 Å². The third kappa shape index (κ3) is 2.24. The highest BCUT2D eigenvalue weighted by Crippen LogP contribution is 2.13. The fourth-order valence-electron chi connectivity index (χ4n) is 1.60. The van der Waals surface area contributed by atoms with Crippen molar-refractivity contribution in [3.8, 4) is 0 Å². The molecule has 1 aliphatic rings. The van der Waals surface area contributed by atoms with Crippen LogP contribution in [0.4, 0.5) is 0 Å². The normalized spacial score (nSPS) is 15.7. The topological polar surface area (TPSA) is 32.7 Å². The Morgan fingerprint density at radius 2 is 1.93 bits per heavy atom. The second-order valence-electron chi connectivity index (χ2n) is 3.95. The molecule has 0 aliphatic carbocycles. The van der Waals surface area contributed by atoms with Gasteiger partial charge in [0, 0.05) is 5.71 Å². The van der Waals surface area contributed by atoms with Gasteiger partial charge in [-0.15, -0.1) is 0 Å².